The highest BCUT2D eigenvalue weighted by Crippen LogP contribution is 2.01. The van der Waals surface area contributed by atoms with Gasteiger partial charge in [0.1, 0.15) is 0 Å². The summed E-state index contributed by atoms with van der Waals surface area (Å²) in [7, 11) is 0. The maximum absolute atomic E-state index is 3.31. The molecule has 15 heavy (non-hydrogen) atoms. The van der Waals surface area contributed by atoms with Crippen LogP contribution in [-0.4, -0.2) is 11.2 Å². The van der Waals surface area contributed by atoms with Crippen LogP contribution in [0.2, 0.25) is 0 Å². The van der Waals surface area contributed by atoms with E-state index < -0.39 is 0 Å². The second-order valence-corrected chi connectivity index (χ2v) is 3.59. The summed E-state index contributed by atoms with van der Waals surface area (Å²) >= 11 is 0. The van der Waals surface area contributed by atoms with E-state index >= 15 is 0 Å². The minimum atomic E-state index is 1.00. The molecule has 0 radical (unpaired) electrons. The molecule has 0 aliphatic rings. The highest BCUT2D eigenvalue weighted by Gasteiger charge is 1.91. The van der Waals surface area contributed by atoms with Gasteiger partial charge < -0.3 is 5.43 Å². The number of nitrogens with zero attached hydrogens (tertiary/aromatic N) is 1. The van der Waals surface area contributed by atoms with Gasteiger partial charge in [-0.15, -0.1) is 0 Å². The van der Waals surface area contributed by atoms with Crippen molar-refractivity contribution in [1.29, 1.82) is 0 Å². The summed E-state index contributed by atoms with van der Waals surface area (Å²) in [6.45, 7) is 1.00. The molecule has 0 aliphatic heterocycles. The molecular formula is C13H16N2. The van der Waals surface area contributed by atoms with Crippen molar-refractivity contribution in [2.45, 2.75) is 12.8 Å². The monoisotopic (exact) mass is 200 g/mol. The van der Waals surface area contributed by atoms with Crippen LogP contribution in [0.5, 0.6) is 0 Å². The molecule has 1 aromatic heterocycles. The Labute approximate surface area is 90.5 Å². The van der Waals surface area contributed by atoms with Crippen molar-refractivity contribution in [3.63, 3.8) is 0 Å². The Hall–Kier alpha value is -1.70. The number of hydrogen-bond donors (Lipinski definition) is 1. The summed E-state index contributed by atoms with van der Waals surface area (Å²) < 4.78 is 1.99. The lowest BCUT2D eigenvalue weighted by molar-refractivity contribution is 0.769. The lowest BCUT2D eigenvalue weighted by Crippen LogP contribution is -2.14. The lowest BCUT2D eigenvalue weighted by atomic mass is 10.1. The molecule has 0 saturated carbocycles. The summed E-state index contributed by atoms with van der Waals surface area (Å²) in [6.07, 6.45) is 6.32. The van der Waals surface area contributed by atoms with Gasteiger partial charge in [-0.3, -0.25) is 4.68 Å². The lowest BCUT2D eigenvalue weighted by Gasteiger charge is -2.06. The minimum Gasteiger partial charge on any atom is -0.326 e. The van der Waals surface area contributed by atoms with E-state index in [9.17, 15) is 0 Å². The van der Waals surface area contributed by atoms with Gasteiger partial charge in [-0.1, -0.05) is 30.3 Å². The summed E-state index contributed by atoms with van der Waals surface area (Å²) in [5.74, 6) is 0. The van der Waals surface area contributed by atoms with Gasteiger partial charge in [-0.05, 0) is 30.5 Å². The molecule has 0 fully saturated rings. The highest BCUT2D eigenvalue weighted by atomic mass is 15.4. The molecule has 2 nitrogen and oxygen atoms in total. The molecule has 2 aromatic rings. The first kappa shape index (κ1) is 9.84. The quantitative estimate of drug-likeness (QED) is 0.734. The molecule has 1 heterocycles. The van der Waals surface area contributed by atoms with Crippen molar-refractivity contribution >= 4 is 0 Å². The van der Waals surface area contributed by atoms with E-state index in [4.69, 9.17) is 0 Å². The van der Waals surface area contributed by atoms with Crippen molar-refractivity contribution in [2.75, 3.05) is 12.0 Å². The van der Waals surface area contributed by atoms with Crippen LogP contribution in [0.25, 0.3) is 0 Å². The molecule has 0 atom stereocenters. The van der Waals surface area contributed by atoms with Crippen LogP contribution in [0.4, 0.5) is 0 Å². The van der Waals surface area contributed by atoms with Crippen LogP contribution >= 0.6 is 0 Å². The topological polar surface area (TPSA) is 17.0 Å². The Morgan fingerprint density at radius 2 is 1.67 bits per heavy atom. The van der Waals surface area contributed by atoms with Gasteiger partial charge in [0.2, 0.25) is 0 Å². The second-order valence-electron chi connectivity index (χ2n) is 3.59. The number of benzene rings is 1. The fourth-order valence-corrected chi connectivity index (χ4v) is 1.59. The number of hydrogen-bond acceptors (Lipinski definition) is 1. The van der Waals surface area contributed by atoms with Gasteiger partial charge in [-0.2, -0.15) is 0 Å². The van der Waals surface area contributed by atoms with E-state index in [1.165, 1.54) is 5.56 Å². The molecule has 0 bridgehead atoms. The smallest absolute Gasteiger partial charge is 0.0316 e. The summed E-state index contributed by atoms with van der Waals surface area (Å²) in [4.78, 5) is 0. The van der Waals surface area contributed by atoms with E-state index in [1.54, 1.807) is 0 Å². The zero-order valence-electron chi connectivity index (χ0n) is 8.76. The van der Waals surface area contributed by atoms with Crippen molar-refractivity contribution < 1.29 is 0 Å². The van der Waals surface area contributed by atoms with E-state index in [-0.39, 0.29) is 0 Å². The predicted molar refractivity (Wildman–Crippen MR) is 63.4 cm³/mol. The maximum Gasteiger partial charge on any atom is 0.0316 e. The third-order valence-electron chi connectivity index (χ3n) is 2.38. The van der Waals surface area contributed by atoms with Crippen LogP contribution in [0.1, 0.15) is 12.0 Å². The molecule has 0 unspecified atom stereocenters. The van der Waals surface area contributed by atoms with Crippen LogP contribution in [0.15, 0.2) is 54.9 Å². The van der Waals surface area contributed by atoms with Crippen molar-refractivity contribution in [2.24, 2.45) is 0 Å². The molecule has 1 N–H and O–H groups in total. The van der Waals surface area contributed by atoms with Crippen molar-refractivity contribution in [3.8, 4) is 0 Å². The summed E-state index contributed by atoms with van der Waals surface area (Å²) in [5, 5.41) is 0. The average Bonchev–Trinajstić information content (AvgIpc) is 2.79. The zero-order valence-corrected chi connectivity index (χ0v) is 8.76. The SMILES string of the molecule is c1ccc(CCCNn2cccc2)cc1. The largest absolute Gasteiger partial charge is 0.326 e. The fourth-order valence-electron chi connectivity index (χ4n) is 1.59. The Morgan fingerprint density at radius 3 is 2.40 bits per heavy atom. The zero-order chi connectivity index (χ0) is 10.3. The number of aryl methyl sites for hydroxylation is 1. The van der Waals surface area contributed by atoms with Crippen LogP contribution < -0.4 is 5.43 Å². The Bertz CT molecular complexity index is 365. The Balaban J connectivity index is 1.68. The number of rotatable bonds is 5. The summed E-state index contributed by atoms with van der Waals surface area (Å²) in [5.41, 5.74) is 4.72. The normalized spacial score (nSPS) is 10.1. The average molecular weight is 200 g/mol. The van der Waals surface area contributed by atoms with Crippen molar-refractivity contribution in [1.82, 2.24) is 4.68 Å². The van der Waals surface area contributed by atoms with E-state index in [0.29, 0.717) is 0 Å². The first-order valence-electron chi connectivity index (χ1n) is 5.36. The molecule has 0 saturated heterocycles. The van der Waals surface area contributed by atoms with Gasteiger partial charge in [0.05, 0.1) is 0 Å². The van der Waals surface area contributed by atoms with E-state index in [2.05, 4.69) is 35.8 Å². The fraction of sp³-hybridized carbons (Fsp3) is 0.231. The minimum absolute atomic E-state index is 1.00. The van der Waals surface area contributed by atoms with Crippen LogP contribution in [-0.2, 0) is 6.42 Å². The number of nitrogens with one attached hydrogen (secondary N) is 1. The molecule has 78 valence electrons. The second kappa shape index (κ2) is 5.25. The Morgan fingerprint density at radius 1 is 0.933 bits per heavy atom. The van der Waals surface area contributed by atoms with Crippen LogP contribution in [0.3, 0.4) is 0 Å². The standard InChI is InChI=1S/C13H16N2/c1-2-7-13(8-3-1)9-6-10-14-15-11-4-5-12-15/h1-5,7-8,11-12,14H,6,9-10H2. The molecule has 0 spiro atoms. The molecule has 0 amide bonds. The maximum atomic E-state index is 3.31. The first-order valence-corrected chi connectivity index (χ1v) is 5.36. The van der Waals surface area contributed by atoms with E-state index in [0.717, 1.165) is 19.4 Å². The van der Waals surface area contributed by atoms with Gasteiger partial charge in [0, 0.05) is 18.9 Å². The molecule has 1 aromatic carbocycles. The van der Waals surface area contributed by atoms with Crippen molar-refractivity contribution in [3.05, 3.63) is 60.4 Å². The van der Waals surface area contributed by atoms with Gasteiger partial charge in [0.15, 0.2) is 0 Å². The third-order valence-corrected chi connectivity index (χ3v) is 2.38. The summed E-state index contributed by atoms with van der Waals surface area (Å²) in [6, 6.07) is 14.6. The molecule has 0 aliphatic carbocycles. The predicted octanol–water partition coefficient (Wildman–Crippen LogP) is 2.66. The molecule has 2 heteroatoms. The van der Waals surface area contributed by atoms with Gasteiger partial charge >= 0.3 is 0 Å². The molecular weight excluding hydrogens is 184 g/mol. The molecule has 2 rings (SSSR count). The van der Waals surface area contributed by atoms with Gasteiger partial charge in [0.25, 0.3) is 0 Å². The Kier molecular flexibility index (Phi) is 3.44. The first-order chi connectivity index (χ1) is 7.45. The number of aromatic nitrogens is 1. The third kappa shape index (κ3) is 3.17. The highest BCUT2D eigenvalue weighted by molar-refractivity contribution is 5.14. The van der Waals surface area contributed by atoms with Crippen LogP contribution in [0, 0.1) is 0 Å². The van der Waals surface area contributed by atoms with Gasteiger partial charge in [-0.25, -0.2) is 0 Å². The van der Waals surface area contributed by atoms with E-state index in [1.807, 2.05) is 29.2 Å².